The van der Waals surface area contributed by atoms with Crippen LogP contribution in [0.25, 0.3) is 0 Å². The Bertz CT molecular complexity index is 155. The molecule has 0 fully saturated rings. The van der Waals surface area contributed by atoms with Crippen molar-refractivity contribution in [3.8, 4) is 0 Å². The lowest BCUT2D eigenvalue weighted by Crippen LogP contribution is -1.81. The average Bonchev–Trinajstić information content (AvgIpc) is 1.59. The highest BCUT2D eigenvalue weighted by molar-refractivity contribution is 7.51. The van der Waals surface area contributed by atoms with Crippen LogP contribution in [0.15, 0.2) is 11.1 Å². The summed E-state index contributed by atoms with van der Waals surface area (Å²) >= 11 is 5.30. The van der Waals surface area contributed by atoms with Crippen molar-refractivity contribution in [2.24, 2.45) is 0 Å². The largest absolute Gasteiger partial charge is 0.329 e. The van der Waals surface area contributed by atoms with Crippen molar-refractivity contribution in [1.82, 2.24) is 0 Å². The zero-order chi connectivity index (χ0) is 7.49. The molecule has 9 heavy (non-hydrogen) atoms. The highest BCUT2D eigenvalue weighted by Crippen LogP contribution is 2.34. The van der Waals surface area contributed by atoms with Crippen LogP contribution in [0.5, 0.6) is 0 Å². The van der Waals surface area contributed by atoms with E-state index >= 15 is 0 Å². The lowest BCUT2D eigenvalue weighted by atomic mass is 10.6. The smallest absolute Gasteiger partial charge is 0.324 e. The molecule has 2 N–H and O–H groups in total. The average molecular weight is 171 g/mol. The van der Waals surface area contributed by atoms with E-state index < -0.39 is 7.60 Å². The van der Waals surface area contributed by atoms with E-state index in [1.54, 1.807) is 6.92 Å². The third-order valence-corrected chi connectivity index (χ3v) is 1.42. The van der Waals surface area contributed by atoms with Crippen molar-refractivity contribution in [2.45, 2.75) is 6.92 Å². The topological polar surface area (TPSA) is 57.5 Å². The number of halogens is 1. The van der Waals surface area contributed by atoms with E-state index in [2.05, 4.69) is 0 Å². The van der Waals surface area contributed by atoms with E-state index in [0.717, 1.165) is 0 Å². The minimum Gasteiger partial charge on any atom is -0.324 e. The van der Waals surface area contributed by atoms with Crippen LogP contribution in [0.3, 0.4) is 0 Å². The van der Waals surface area contributed by atoms with Crippen LogP contribution in [0.2, 0.25) is 0 Å². The van der Waals surface area contributed by atoms with Gasteiger partial charge < -0.3 is 9.79 Å². The molecule has 0 radical (unpaired) electrons. The van der Waals surface area contributed by atoms with Crippen LogP contribution in [0, 0.1) is 0 Å². The summed E-state index contributed by atoms with van der Waals surface area (Å²) in [4.78, 5) is 16.5. The zero-order valence-electron chi connectivity index (χ0n) is 4.91. The Balaban J connectivity index is 3.79. The molecule has 0 aliphatic heterocycles. The fourth-order valence-corrected chi connectivity index (χ4v) is 0.941. The van der Waals surface area contributed by atoms with Gasteiger partial charge >= 0.3 is 7.60 Å². The van der Waals surface area contributed by atoms with E-state index in [0.29, 0.717) is 5.03 Å². The molecule has 0 aromatic carbocycles. The van der Waals surface area contributed by atoms with Crippen LogP contribution in [-0.2, 0) is 4.57 Å². The Labute approximate surface area is 58.5 Å². The molecule has 0 atom stereocenters. The van der Waals surface area contributed by atoms with E-state index in [1.807, 2.05) is 0 Å². The third-order valence-electron chi connectivity index (χ3n) is 0.610. The molecular weight excluding hydrogens is 162 g/mol. The minimum absolute atomic E-state index is 0.275. The van der Waals surface area contributed by atoms with Crippen LogP contribution >= 0.6 is 19.2 Å². The molecule has 0 spiro atoms. The minimum atomic E-state index is -3.88. The molecule has 5 heteroatoms. The van der Waals surface area contributed by atoms with E-state index in [1.165, 1.54) is 6.08 Å². The van der Waals surface area contributed by atoms with Crippen molar-refractivity contribution < 1.29 is 14.4 Å². The van der Waals surface area contributed by atoms with Gasteiger partial charge in [0.1, 0.15) is 0 Å². The number of hydrogen-bond acceptors (Lipinski definition) is 1. The van der Waals surface area contributed by atoms with Gasteiger partial charge in [-0.3, -0.25) is 4.57 Å². The third kappa shape index (κ3) is 8.18. The van der Waals surface area contributed by atoms with Crippen LogP contribution in [-0.4, -0.2) is 15.9 Å². The van der Waals surface area contributed by atoms with Gasteiger partial charge in [0.2, 0.25) is 0 Å². The fourth-order valence-electron chi connectivity index (χ4n) is 0.245. The molecule has 0 aromatic rings. The molecule has 0 bridgehead atoms. The molecule has 0 aliphatic carbocycles. The maximum absolute atomic E-state index is 10.1. The SMILES string of the molecule is CC(Cl)=CCP(=O)(O)O. The van der Waals surface area contributed by atoms with E-state index in [4.69, 9.17) is 21.4 Å². The van der Waals surface area contributed by atoms with E-state index in [-0.39, 0.29) is 6.16 Å². The second kappa shape index (κ2) is 3.37. The van der Waals surface area contributed by atoms with Gasteiger partial charge in [0.25, 0.3) is 0 Å². The Morgan fingerprint density at radius 1 is 1.78 bits per heavy atom. The highest BCUT2D eigenvalue weighted by atomic mass is 35.5. The summed E-state index contributed by atoms with van der Waals surface area (Å²) in [6, 6.07) is 0. The Morgan fingerprint density at radius 3 is 2.33 bits per heavy atom. The standard InChI is InChI=1S/C4H8ClO3P/c1-4(5)2-3-9(6,7)8/h2H,3H2,1H3,(H2,6,7,8). The van der Waals surface area contributed by atoms with Crippen molar-refractivity contribution in [3.63, 3.8) is 0 Å². The molecule has 0 aliphatic rings. The molecule has 0 rings (SSSR count). The van der Waals surface area contributed by atoms with Crippen molar-refractivity contribution in [1.29, 1.82) is 0 Å². The van der Waals surface area contributed by atoms with Gasteiger partial charge in [0, 0.05) is 5.03 Å². The number of allylic oxidation sites excluding steroid dienone is 2. The summed E-state index contributed by atoms with van der Waals surface area (Å²) in [7, 11) is -3.88. The molecular formula is C4H8ClO3P. The fraction of sp³-hybridized carbons (Fsp3) is 0.500. The van der Waals surface area contributed by atoms with Crippen molar-refractivity contribution >= 4 is 19.2 Å². The van der Waals surface area contributed by atoms with E-state index in [9.17, 15) is 4.57 Å². The summed E-state index contributed by atoms with van der Waals surface area (Å²) in [6.45, 7) is 1.57. The van der Waals surface area contributed by atoms with Gasteiger partial charge in [-0.15, -0.1) is 0 Å². The quantitative estimate of drug-likeness (QED) is 0.615. The summed E-state index contributed by atoms with van der Waals surface area (Å²) in [5.41, 5.74) is 0. The van der Waals surface area contributed by atoms with Gasteiger partial charge in [-0.05, 0) is 6.92 Å². The number of rotatable bonds is 2. The lowest BCUT2D eigenvalue weighted by molar-refractivity contribution is 0.377. The maximum atomic E-state index is 10.1. The van der Waals surface area contributed by atoms with Crippen LogP contribution in [0.1, 0.15) is 6.92 Å². The normalized spacial score (nSPS) is 14.0. The highest BCUT2D eigenvalue weighted by Gasteiger charge is 2.08. The molecule has 0 heterocycles. The van der Waals surface area contributed by atoms with Crippen LogP contribution in [0.4, 0.5) is 0 Å². The summed E-state index contributed by atoms with van der Waals surface area (Å²) in [5.74, 6) is 0. The molecule has 0 unspecified atom stereocenters. The lowest BCUT2D eigenvalue weighted by Gasteiger charge is -1.96. The Kier molecular flexibility index (Phi) is 3.44. The van der Waals surface area contributed by atoms with Gasteiger partial charge in [-0.25, -0.2) is 0 Å². The molecule has 0 saturated heterocycles. The number of hydrogen-bond donors (Lipinski definition) is 2. The van der Waals surface area contributed by atoms with Gasteiger partial charge in [-0.1, -0.05) is 17.7 Å². The maximum Gasteiger partial charge on any atom is 0.329 e. The first-order chi connectivity index (χ1) is 3.92. The molecule has 0 aromatic heterocycles. The second-order valence-electron chi connectivity index (χ2n) is 1.64. The second-order valence-corrected chi connectivity index (χ2v) is 3.93. The molecule has 54 valence electrons. The van der Waals surface area contributed by atoms with Gasteiger partial charge in [-0.2, -0.15) is 0 Å². The predicted octanol–water partition coefficient (Wildman–Crippen LogP) is 1.31. The molecule has 0 amide bonds. The summed E-state index contributed by atoms with van der Waals surface area (Å²) in [5, 5.41) is 0.401. The molecule has 3 nitrogen and oxygen atoms in total. The van der Waals surface area contributed by atoms with Gasteiger partial charge in [0.15, 0.2) is 0 Å². The molecule has 0 saturated carbocycles. The van der Waals surface area contributed by atoms with Gasteiger partial charge in [0.05, 0.1) is 6.16 Å². The van der Waals surface area contributed by atoms with Crippen molar-refractivity contribution in [3.05, 3.63) is 11.1 Å². The first kappa shape index (κ1) is 9.18. The Morgan fingerprint density at radius 2 is 2.22 bits per heavy atom. The first-order valence-electron chi connectivity index (χ1n) is 2.28. The first-order valence-corrected chi connectivity index (χ1v) is 4.46. The summed E-state index contributed by atoms with van der Waals surface area (Å²) < 4.78 is 10.1. The van der Waals surface area contributed by atoms with Crippen LogP contribution < -0.4 is 0 Å². The predicted molar refractivity (Wildman–Crippen MR) is 36.5 cm³/mol. The summed E-state index contributed by atoms with van der Waals surface area (Å²) in [6.07, 6.45) is 1.02. The Hall–Kier alpha value is 0.180. The van der Waals surface area contributed by atoms with Crippen molar-refractivity contribution in [2.75, 3.05) is 6.16 Å². The zero-order valence-corrected chi connectivity index (χ0v) is 6.56. The monoisotopic (exact) mass is 170 g/mol.